The van der Waals surface area contributed by atoms with Gasteiger partial charge >= 0.3 is 0 Å². The van der Waals surface area contributed by atoms with E-state index in [4.69, 9.17) is 17.3 Å². The van der Waals surface area contributed by atoms with Crippen LogP contribution in [0.4, 0.5) is 5.95 Å². The third-order valence-electron chi connectivity index (χ3n) is 3.29. The van der Waals surface area contributed by atoms with Crippen molar-refractivity contribution in [2.45, 2.75) is 0 Å². The summed E-state index contributed by atoms with van der Waals surface area (Å²) in [5.41, 5.74) is 8.29. The zero-order valence-electron chi connectivity index (χ0n) is 10.9. The lowest BCUT2D eigenvalue weighted by Gasteiger charge is -2.02. The monoisotopic (exact) mass is 295 g/mol. The summed E-state index contributed by atoms with van der Waals surface area (Å²) in [6.07, 6.45) is 0. The predicted molar refractivity (Wildman–Crippen MR) is 83.1 cm³/mol. The van der Waals surface area contributed by atoms with E-state index in [0.29, 0.717) is 22.4 Å². The molecule has 6 heteroatoms. The maximum absolute atomic E-state index is 6.07. The molecule has 2 aromatic heterocycles. The average Bonchev–Trinajstić information content (AvgIpc) is 2.95. The number of halogens is 1. The standard InChI is InChI=1S/C15H10ClN5/c16-10-6-7-12-11(8-10)14-19-13(9-4-2-1-3-5-9)20-21(14)15(17)18-12/h1-8H,(H2,17,18). The molecule has 0 atom stereocenters. The highest BCUT2D eigenvalue weighted by molar-refractivity contribution is 6.31. The van der Waals surface area contributed by atoms with Gasteiger partial charge in [-0.2, -0.15) is 4.52 Å². The van der Waals surface area contributed by atoms with Crippen molar-refractivity contribution in [2.24, 2.45) is 0 Å². The van der Waals surface area contributed by atoms with Crippen LogP contribution in [0.2, 0.25) is 5.02 Å². The van der Waals surface area contributed by atoms with Gasteiger partial charge in [0.1, 0.15) is 0 Å². The number of fused-ring (bicyclic) bond motifs is 3. The van der Waals surface area contributed by atoms with Crippen molar-refractivity contribution in [1.29, 1.82) is 0 Å². The fourth-order valence-electron chi connectivity index (χ4n) is 2.31. The van der Waals surface area contributed by atoms with E-state index in [1.165, 1.54) is 0 Å². The Labute approximate surface area is 125 Å². The van der Waals surface area contributed by atoms with Crippen LogP contribution >= 0.6 is 11.6 Å². The molecule has 0 aliphatic carbocycles. The Morgan fingerprint density at radius 2 is 1.81 bits per heavy atom. The summed E-state index contributed by atoms with van der Waals surface area (Å²) in [6, 6.07) is 15.2. The number of hydrogen-bond acceptors (Lipinski definition) is 4. The summed E-state index contributed by atoms with van der Waals surface area (Å²) in [5, 5.41) is 5.89. The van der Waals surface area contributed by atoms with Gasteiger partial charge in [0.25, 0.3) is 0 Å². The van der Waals surface area contributed by atoms with Crippen LogP contribution < -0.4 is 5.73 Å². The van der Waals surface area contributed by atoms with Gasteiger partial charge in [-0.1, -0.05) is 41.9 Å². The fraction of sp³-hybridized carbons (Fsp3) is 0. The first-order chi connectivity index (χ1) is 10.2. The van der Waals surface area contributed by atoms with Crippen LogP contribution in [0.5, 0.6) is 0 Å². The van der Waals surface area contributed by atoms with Gasteiger partial charge in [0.15, 0.2) is 11.5 Å². The van der Waals surface area contributed by atoms with E-state index in [9.17, 15) is 0 Å². The second kappa shape index (κ2) is 4.43. The summed E-state index contributed by atoms with van der Waals surface area (Å²) in [6.45, 7) is 0. The van der Waals surface area contributed by atoms with E-state index in [2.05, 4.69) is 15.1 Å². The number of nitrogens with two attached hydrogens (primary N) is 1. The van der Waals surface area contributed by atoms with Crippen LogP contribution in [-0.4, -0.2) is 19.6 Å². The Hall–Kier alpha value is -2.66. The van der Waals surface area contributed by atoms with Crippen LogP contribution in [0.25, 0.3) is 27.9 Å². The van der Waals surface area contributed by atoms with E-state index < -0.39 is 0 Å². The molecular weight excluding hydrogens is 286 g/mol. The smallest absolute Gasteiger partial charge is 0.223 e. The molecule has 0 saturated carbocycles. The van der Waals surface area contributed by atoms with E-state index in [-0.39, 0.29) is 0 Å². The summed E-state index contributed by atoms with van der Waals surface area (Å²) < 4.78 is 1.54. The molecule has 0 amide bonds. The first-order valence-corrected chi connectivity index (χ1v) is 6.77. The lowest BCUT2D eigenvalue weighted by molar-refractivity contribution is 0.955. The quantitative estimate of drug-likeness (QED) is 0.585. The van der Waals surface area contributed by atoms with Crippen molar-refractivity contribution in [2.75, 3.05) is 5.73 Å². The van der Waals surface area contributed by atoms with Crippen LogP contribution in [0.15, 0.2) is 48.5 Å². The summed E-state index contributed by atoms with van der Waals surface area (Å²) in [4.78, 5) is 8.92. The number of nitrogens with zero attached hydrogens (tertiary/aromatic N) is 4. The van der Waals surface area contributed by atoms with E-state index in [0.717, 1.165) is 16.5 Å². The van der Waals surface area contributed by atoms with Gasteiger partial charge in [0.2, 0.25) is 5.95 Å². The van der Waals surface area contributed by atoms with Crippen LogP contribution in [0.3, 0.4) is 0 Å². The van der Waals surface area contributed by atoms with Crippen LogP contribution in [-0.2, 0) is 0 Å². The average molecular weight is 296 g/mol. The Balaban J connectivity index is 2.08. The highest BCUT2D eigenvalue weighted by atomic mass is 35.5. The molecule has 5 nitrogen and oxygen atoms in total. The number of hydrogen-bond donors (Lipinski definition) is 1. The third kappa shape index (κ3) is 1.90. The van der Waals surface area contributed by atoms with Gasteiger partial charge < -0.3 is 5.73 Å². The van der Waals surface area contributed by atoms with Gasteiger partial charge in [-0.25, -0.2) is 9.97 Å². The number of benzene rings is 2. The highest BCUT2D eigenvalue weighted by Crippen LogP contribution is 2.25. The molecule has 102 valence electrons. The van der Waals surface area contributed by atoms with Gasteiger partial charge in [0.05, 0.1) is 5.52 Å². The molecule has 21 heavy (non-hydrogen) atoms. The Morgan fingerprint density at radius 3 is 2.62 bits per heavy atom. The van der Waals surface area contributed by atoms with Crippen molar-refractivity contribution < 1.29 is 0 Å². The maximum atomic E-state index is 6.07. The number of aromatic nitrogens is 4. The molecule has 0 aliphatic rings. The van der Waals surface area contributed by atoms with Gasteiger partial charge in [-0.15, -0.1) is 5.10 Å². The SMILES string of the molecule is Nc1nc2ccc(Cl)cc2c2nc(-c3ccccc3)nn12. The van der Waals surface area contributed by atoms with Crippen molar-refractivity contribution in [3.8, 4) is 11.4 Å². The van der Waals surface area contributed by atoms with Crippen molar-refractivity contribution in [3.05, 3.63) is 53.6 Å². The first kappa shape index (κ1) is 12.1. The number of nitrogen functional groups attached to an aromatic ring is 1. The minimum atomic E-state index is 0.300. The fourth-order valence-corrected chi connectivity index (χ4v) is 2.48. The Bertz CT molecular complexity index is 962. The lowest BCUT2D eigenvalue weighted by atomic mass is 10.2. The molecule has 0 radical (unpaired) electrons. The molecule has 2 heterocycles. The molecule has 0 spiro atoms. The molecule has 0 fully saturated rings. The number of rotatable bonds is 1. The molecule has 4 rings (SSSR count). The van der Waals surface area contributed by atoms with E-state index in [1.54, 1.807) is 10.6 Å². The molecule has 0 unspecified atom stereocenters. The van der Waals surface area contributed by atoms with Crippen molar-refractivity contribution in [3.63, 3.8) is 0 Å². The Kier molecular flexibility index (Phi) is 2.55. The van der Waals surface area contributed by atoms with Gasteiger partial charge in [-0.05, 0) is 18.2 Å². The zero-order valence-corrected chi connectivity index (χ0v) is 11.6. The van der Waals surface area contributed by atoms with E-state index in [1.807, 2.05) is 42.5 Å². The second-order valence-electron chi connectivity index (χ2n) is 4.67. The Morgan fingerprint density at radius 1 is 1.00 bits per heavy atom. The van der Waals surface area contributed by atoms with Crippen LogP contribution in [0.1, 0.15) is 0 Å². The van der Waals surface area contributed by atoms with Crippen molar-refractivity contribution >= 4 is 34.1 Å². The minimum absolute atomic E-state index is 0.300. The van der Waals surface area contributed by atoms with E-state index >= 15 is 0 Å². The largest absolute Gasteiger partial charge is 0.368 e. The number of anilines is 1. The normalized spacial score (nSPS) is 11.3. The summed E-state index contributed by atoms with van der Waals surface area (Å²) in [5.74, 6) is 0.908. The van der Waals surface area contributed by atoms with Gasteiger partial charge in [0, 0.05) is 16.0 Å². The second-order valence-corrected chi connectivity index (χ2v) is 5.10. The van der Waals surface area contributed by atoms with Gasteiger partial charge in [-0.3, -0.25) is 0 Å². The molecule has 4 aromatic rings. The minimum Gasteiger partial charge on any atom is -0.368 e. The molecule has 2 aromatic carbocycles. The molecule has 2 N–H and O–H groups in total. The molecule has 0 saturated heterocycles. The third-order valence-corrected chi connectivity index (χ3v) is 3.53. The topological polar surface area (TPSA) is 69.1 Å². The summed E-state index contributed by atoms with van der Waals surface area (Å²) >= 11 is 6.07. The molecule has 0 bridgehead atoms. The maximum Gasteiger partial charge on any atom is 0.223 e. The first-order valence-electron chi connectivity index (χ1n) is 6.39. The lowest BCUT2D eigenvalue weighted by Crippen LogP contribution is -2.02. The zero-order chi connectivity index (χ0) is 14.4. The van der Waals surface area contributed by atoms with Crippen LogP contribution in [0, 0.1) is 0 Å². The predicted octanol–water partition coefficient (Wildman–Crippen LogP) is 3.18. The summed E-state index contributed by atoms with van der Waals surface area (Å²) in [7, 11) is 0. The highest BCUT2D eigenvalue weighted by Gasteiger charge is 2.13. The van der Waals surface area contributed by atoms with Crippen molar-refractivity contribution in [1.82, 2.24) is 19.6 Å². The molecular formula is C15H10ClN5. The molecule has 0 aliphatic heterocycles.